The van der Waals surface area contributed by atoms with E-state index < -0.39 is 47.7 Å². The van der Waals surface area contributed by atoms with Gasteiger partial charge in [0, 0.05) is 11.5 Å². The topological polar surface area (TPSA) is 117 Å². The molecule has 9 heteroatoms. The van der Waals surface area contributed by atoms with Gasteiger partial charge in [-0.25, -0.2) is 9.59 Å². The van der Waals surface area contributed by atoms with Gasteiger partial charge in [0.25, 0.3) is 0 Å². The first-order valence-electron chi connectivity index (χ1n) is 13.2. The summed E-state index contributed by atoms with van der Waals surface area (Å²) in [4.78, 5) is 24.9. The number of aliphatic hydroxyl groups is 2. The summed E-state index contributed by atoms with van der Waals surface area (Å²) in [5, 5.41) is 27.6. The Morgan fingerprint density at radius 2 is 1.03 bits per heavy atom. The van der Waals surface area contributed by atoms with Crippen LogP contribution >= 0.6 is 11.8 Å². The van der Waals surface area contributed by atoms with Crippen molar-refractivity contribution in [1.82, 2.24) is 10.6 Å². The molecule has 2 aromatic rings. The van der Waals surface area contributed by atoms with E-state index in [1.165, 1.54) is 11.8 Å². The Kier molecular flexibility index (Phi) is 12.6. The Hall–Kier alpha value is -2.75. The van der Waals surface area contributed by atoms with Gasteiger partial charge in [0.2, 0.25) is 0 Å². The van der Waals surface area contributed by atoms with Crippen LogP contribution in [0.5, 0.6) is 0 Å². The third kappa shape index (κ3) is 13.7. The highest BCUT2D eigenvalue weighted by atomic mass is 32.2. The van der Waals surface area contributed by atoms with Crippen molar-refractivity contribution in [2.45, 2.75) is 89.9 Å². The first-order chi connectivity index (χ1) is 18.2. The van der Waals surface area contributed by atoms with Crippen molar-refractivity contribution >= 4 is 23.9 Å². The summed E-state index contributed by atoms with van der Waals surface area (Å²) in [6.45, 7) is 10.7. The van der Waals surface area contributed by atoms with Gasteiger partial charge in [-0.15, -0.1) is 0 Å². The summed E-state index contributed by atoms with van der Waals surface area (Å²) in [5.74, 6) is 0.518. The van der Waals surface area contributed by atoms with Crippen LogP contribution in [0.3, 0.4) is 0 Å². The van der Waals surface area contributed by atoms with Gasteiger partial charge in [-0.05, 0) is 65.5 Å². The number of rotatable bonds is 12. The van der Waals surface area contributed by atoms with Gasteiger partial charge >= 0.3 is 12.2 Å². The van der Waals surface area contributed by atoms with E-state index in [-0.39, 0.29) is 11.5 Å². The molecule has 0 aliphatic rings. The molecule has 0 unspecified atom stereocenters. The molecule has 0 aliphatic heterocycles. The fourth-order valence-electron chi connectivity index (χ4n) is 3.76. The Labute approximate surface area is 236 Å². The number of hydrogen-bond donors (Lipinski definition) is 4. The maximum Gasteiger partial charge on any atom is 0.407 e. The molecule has 0 aliphatic carbocycles. The highest BCUT2D eigenvalue weighted by molar-refractivity contribution is 7.99. The van der Waals surface area contributed by atoms with Gasteiger partial charge < -0.3 is 30.3 Å². The van der Waals surface area contributed by atoms with E-state index >= 15 is 0 Å². The molecule has 0 radical (unpaired) electrons. The lowest BCUT2D eigenvalue weighted by molar-refractivity contribution is 0.0436. The first kappa shape index (κ1) is 32.5. The van der Waals surface area contributed by atoms with Crippen molar-refractivity contribution in [3.63, 3.8) is 0 Å². The quantitative estimate of drug-likeness (QED) is 0.297. The molecule has 0 spiro atoms. The minimum atomic E-state index is -0.902. The number of nitrogens with one attached hydrogen (secondary N) is 2. The van der Waals surface area contributed by atoms with Gasteiger partial charge in [0.05, 0.1) is 24.3 Å². The van der Waals surface area contributed by atoms with Crippen LogP contribution < -0.4 is 10.6 Å². The van der Waals surface area contributed by atoms with Crippen LogP contribution in [0.25, 0.3) is 0 Å². The average molecular weight is 561 g/mol. The third-order valence-electron chi connectivity index (χ3n) is 5.51. The van der Waals surface area contributed by atoms with Crippen molar-refractivity contribution in [1.29, 1.82) is 0 Å². The summed E-state index contributed by atoms with van der Waals surface area (Å²) in [6.07, 6.45) is -2.17. The Balaban J connectivity index is 2.03. The molecular weight excluding hydrogens is 516 g/mol. The number of hydrogen-bond acceptors (Lipinski definition) is 7. The molecule has 0 saturated heterocycles. The lowest BCUT2D eigenvalue weighted by Gasteiger charge is -2.28. The van der Waals surface area contributed by atoms with E-state index in [0.29, 0.717) is 12.8 Å². The van der Waals surface area contributed by atoms with Crippen molar-refractivity contribution < 1.29 is 29.3 Å². The minimum Gasteiger partial charge on any atom is -0.444 e. The molecule has 2 aromatic carbocycles. The van der Waals surface area contributed by atoms with E-state index in [0.717, 1.165) is 11.1 Å². The molecule has 0 saturated carbocycles. The fourth-order valence-corrected chi connectivity index (χ4v) is 4.85. The molecule has 4 N–H and O–H groups in total. The summed E-state index contributed by atoms with van der Waals surface area (Å²) < 4.78 is 10.8. The van der Waals surface area contributed by atoms with Crippen LogP contribution in [0.15, 0.2) is 60.7 Å². The standard InChI is InChI=1S/C30H44N2O6S/c1-29(2,3)37-27(35)31-23(17-21-13-9-7-10-14-21)25(33)19-39-20-26(34)24(18-22-15-11-8-12-16-22)32-28(36)38-30(4,5)6/h7-16,23-26,33-34H,17-20H2,1-6H3,(H,31,35)(H,32,36)/t23-,24-,25+,26+/m0/s1. The van der Waals surface area contributed by atoms with Gasteiger partial charge in [-0.1, -0.05) is 60.7 Å². The Bertz CT molecular complexity index is 926. The lowest BCUT2D eigenvalue weighted by atomic mass is 10.0. The molecule has 2 rings (SSSR count). The van der Waals surface area contributed by atoms with E-state index in [1.807, 2.05) is 60.7 Å². The summed E-state index contributed by atoms with van der Waals surface area (Å²) >= 11 is 1.34. The fraction of sp³-hybridized carbons (Fsp3) is 0.533. The molecular formula is C30H44N2O6S. The molecule has 2 amide bonds. The second-order valence-electron chi connectivity index (χ2n) is 11.6. The molecule has 39 heavy (non-hydrogen) atoms. The Morgan fingerprint density at radius 1 is 0.692 bits per heavy atom. The van der Waals surface area contributed by atoms with Crippen molar-refractivity contribution in [3.05, 3.63) is 71.8 Å². The Morgan fingerprint density at radius 3 is 1.33 bits per heavy atom. The highest BCUT2D eigenvalue weighted by Crippen LogP contribution is 2.17. The minimum absolute atomic E-state index is 0.259. The van der Waals surface area contributed by atoms with E-state index in [2.05, 4.69) is 10.6 Å². The van der Waals surface area contributed by atoms with Gasteiger partial charge in [-0.2, -0.15) is 11.8 Å². The molecule has 0 heterocycles. The maximum atomic E-state index is 12.5. The average Bonchev–Trinajstić information content (AvgIpc) is 2.82. The van der Waals surface area contributed by atoms with Gasteiger partial charge in [-0.3, -0.25) is 0 Å². The molecule has 4 atom stereocenters. The number of carbonyl (C=O) groups is 2. The largest absolute Gasteiger partial charge is 0.444 e. The van der Waals surface area contributed by atoms with Crippen LogP contribution in [0.1, 0.15) is 52.7 Å². The van der Waals surface area contributed by atoms with E-state index in [1.54, 1.807) is 41.5 Å². The van der Waals surface area contributed by atoms with Crippen LogP contribution in [-0.4, -0.2) is 69.4 Å². The maximum absolute atomic E-state index is 12.5. The number of ether oxygens (including phenoxy) is 2. The van der Waals surface area contributed by atoms with E-state index in [4.69, 9.17) is 9.47 Å². The normalized spacial score (nSPS) is 15.0. The second kappa shape index (κ2) is 15.1. The smallest absolute Gasteiger partial charge is 0.407 e. The number of alkyl carbamates (subject to hydrolysis) is 2. The van der Waals surface area contributed by atoms with Crippen molar-refractivity contribution in [2.75, 3.05) is 11.5 Å². The van der Waals surface area contributed by atoms with Crippen molar-refractivity contribution in [3.8, 4) is 0 Å². The molecule has 0 aromatic heterocycles. The lowest BCUT2D eigenvalue weighted by Crippen LogP contribution is -2.48. The third-order valence-corrected chi connectivity index (χ3v) is 6.66. The van der Waals surface area contributed by atoms with Crippen molar-refractivity contribution in [2.24, 2.45) is 0 Å². The number of benzene rings is 2. The van der Waals surface area contributed by atoms with Gasteiger partial charge in [0.15, 0.2) is 0 Å². The van der Waals surface area contributed by atoms with Crippen LogP contribution in [0, 0.1) is 0 Å². The summed E-state index contributed by atoms with van der Waals surface area (Å²) in [5.41, 5.74) is 0.597. The monoisotopic (exact) mass is 560 g/mol. The highest BCUT2D eigenvalue weighted by Gasteiger charge is 2.28. The number of thioether (sulfide) groups is 1. The van der Waals surface area contributed by atoms with Crippen LogP contribution in [0.4, 0.5) is 9.59 Å². The SMILES string of the molecule is CC(C)(C)OC(=O)N[C@@H](Cc1ccccc1)[C@H](O)CSC[C@@H](O)[C@H](Cc1ccccc1)NC(=O)OC(C)(C)C. The zero-order chi connectivity index (χ0) is 29.1. The molecule has 0 fully saturated rings. The zero-order valence-electron chi connectivity index (χ0n) is 23.8. The predicted octanol–water partition coefficient (Wildman–Crippen LogP) is 4.71. The molecule has 216 valence electrons. The number of carbonyl (C=O) groups excluding carboxylic acids is 2. The van der Waals surface area contributed by atoms with Gasteiger partial charge in [0.1, 0.15) is 11.2 Å². The number of aliphatic hydroxyl groups excluding tert-OH is 2. The van der Waals surface area contributed by atoms with Crippen LogP contribution in [0.2, 0.25) is 0 Å². The zero-order valence-corrected chi connectivity index (χ0v) is 24.7. The van der Waals surface area contributed by atoms with E-state index in [9.17, 15) is 19.8 Å². The molecule has 8 nitrogen and oxygen atoms in total. The summed E-state index contributed by atoms with van der Waals surface area (Å²) in [6, 6.07) is 18.0. The second-order valence-corrected chi connectivity index (χ2v) is 12.6. The first-order valence-corrected chi connectivity index (χ1v) is 14.4. The summed E-state index contributed by atoms with van der Waals surface area (Å²) in [7, 11) is 0. The number of amides is 2. The molecule has 0 bridgehead atoms. The predicted molar refractivity (Wildman–Crippen MR) is 156 cm³/mol. The van der Waals surface area contributed by atoms with Crippen LogP contribution in [-0.2, 0) is 22.3 Å².